The van der Waals surface area contributed by atoms with Gasteiger partial charge in [-0.3, -0.25) is 0 Å². The molecule has 3 rings (SSSR count). The van der Waals surface area contributed by atoms with Crippen LogP contribution >= 0.6 is 45.9 Å². The minimum absolute atomic E-state index is 0.705. The van der Waals surface area contributed by atoms with E-state index in [-0.39, 0.29) is 0 Å². The van der Waals surface area contributed by atoms with Gasteiger partial charge in [-0.1, -0.05) is 23.2 Å². The van der Waals surface area contributed by atoms with Gasteiger partial charge in [-0.15, -0.1) is 22.7 Å². The van der Waals surface area contributed by atoms with Crippen molar-refractivity contribution in [2.24, 2.45) is 0 Å². The first-order valence-electron chi connectivity index (χ1n) is 4.64. The van der Waals surface area contributed by atoms with Gasteiger partial charge in [0.25, 0.3) is 0 Å². The van der Waals surface area contributed by atoms with Gasteiger partial charge < -0.3 is 0 Å². The lowest BCUT2D eigenvalue weighted by molar-refractivity contribution is 1.09. The molecule has 0 N–H and O–H groups in total. The van der Waals surface area contributed by atoms with Gasteiger partial charge in [-0.25, -0.2) is 4.98 Å². The van der Waals surface area contributed by atoms with E-state index < -0.39 is 0 Å². The Labute approximate surface area is 106 Å². The molecule has 0 radical (unpaired) electrons. The van der Waals surface area contributed by atoms with Gasteiger partial charge in [0, 0.05) is 16.9 Å². The monoisotopic (exact) mass is 275 g/mol. The van der Waals surface area contributed by atoms with Crippen molar-refractivity contribution in [1.29, 1.82) is 0 Å². The maximum atomic E-state index is 6.08. The fourth-order valence-corrected chi connectivity index (χ4v) is 3.92. The number of thiazole rings is 1. The molecule has 2 aromatic rings. The Kier molecular flexibility index (Phi) is 2.51. The second-order valence-corrected chi connectivity index (χ2v) is 6.76. The molecule has 1 nitrogen and oxygen atoms in total. The molecule has 15 heavy (non-hydrogen) atoms. The molecule has 0 bridgehead atoms. The van der Waals surface area contributed by atoms with Crippen LogP contribution in [-0.2, 0) is 0 Å². The minimum Gasteiger partial charge on any atom is -0.241 e. The van der Waals surface area contributed by atoms with E-state index in [1.165, 1.54) is 29.2 Å². The molecule has 0 unspecified atom stereocenters. The van der Waals surface area contributed by atoms with Crippen molar-refractivity contribution in [2.45, 2.75) is 18.8 Å². The number of halogens is 2. The van der Waals surface area contributed by atoms with Crippen LogP contribution in [0.2, 0.25) is 8.67 Å². The van der Waals surface area contributed by atoms with Crippen molar-refractivity contribution >= 4 is 45.9 Å². The van der Waals surface area contributed by atoms with E-state index >= 15 is 0 Å². The highest BCUT2D eigenvalue weighted by atomic mass is 35.5. The van der Waals surface area contributed by atoms with E-state index in [1.807, 2.05) is 6.07 Å². The van der Waals surface area contributed by atoms with Gasteiger partial charge in [-0.2, -0.15) is 0 Å². The molecule has 0 aliphatic heterocycles. The number of hydrogen-bond acceptors (Lipinski definition) is 3. The SMILES string of the molecule is Clc1cc(-c2csc(C3CC3)n2)c(Cl)s1. The minimum atomic E-state index is 0.705. The van der Waals surface area contributed by atoms with Crippen LogP contribution in [0.5, 0.6) is 0 Å². The molecule has 1 aliphatic rings. The van der Waals surface area contributed by atoms with Crippen molar-refractivity contribution in [1.82, 2.24) is 4.98 Å². The molecule has 78 valence electrons. The normalized spacial score (nSPS) is 15.9. The molecule has 0 atom stereocenters. The third kappa shape index (κ3) is 1.94. The molecule has 1 aliphatic carbocycles. The van der Waals surface area contributed by atoms with Crippen molar-refractivity contribution < 1.29 is 0 Å². The van der Waals surface area contributed by atoms with Crippen LogP contribution in [-0.4, -0.2) is 4.98 Å². The zero-order valence-corrected chi connectivity index (χ0v) is 10.8. The van der Waals surface area contributed by atoms with Gasteiger partial charge >= 0.3 is 0 Å². The molecule has 0 amide bonds. The predicted molar refractivity (Wildman–Crippen MR) is 67.4 cm³/mol. The summed E-state index contributed by atoms with van der Waals surface area (Å²) in [4.78, 5) is 4.60. The fraction of sp³-hybridized carbons (Fsp3) is 0.300. The summed E-state index contributed by atoms with van der Waals surface area (Å²) in [5.41, 5.74) is 1.94. The third-order valence-corrected chi connectivity index (χ3v) is 4.88. The van der Waals surface area contributed by atoms with Crippen LogP contribution in [0, 0.1) is 0 Å². The van der Waals surface area contributed by atoms with Crippen molar-refractivity contribution in [3.05, 3.63) is 25.1 Å². The highest BCUT2D eigenvalue weighted by Gasteiger charge is 2.27. The largest absolute Gasteiger partial charge is 0.241 e. The van der Waals surface area contributed by atoms with Crippen molar-refractivity contribution in [3.8, 4) is 11.3 Å². The van der Waals surface area contributed by atoms with E-state index in [0.717, 1.165) is 19.9 Å². The molecule has 0 aromatic carbocycles. The summed E-state index contributed by atoms with van der Waals surface area (Å²) in [5.74, 6) is 0.705. The smallest absolute Gasteiger partial charge is 0.104 e. The second kappa shape index (κ2) is 3.74. The lowest BCUT2D eigenvalue weighted by Crippen LogP contribution is -1.78. The topological polar surface area (TPSA) is 12.9 Å². The molecule has 0 saturated heterocycles. The predicted octanol–water partition coefficient (Wildman–Crippen LogP) is 5.06. The summed E-state index contributed by atoms with van der Waals surface area (Å²) in [6.45, 7) is 0. The quantitative estimate of drug-likeness (QED) is 0.747. The van der Waals surface area contributed by atoms with Gasteiger partial charge in [0.05, 0.1) is 15.0 Å². The van der Waals surface area contributed by atoms with Crippen LogP contribution in [0.3, 0.4) is 0 Å². The van der Waals surface area contributed by atoms with E-state index in [0.29, 0.717) is 5.92 Å². The van der Waals surface area contributed by atoms with Gasteiger partial charge in [0.15, 0.2) is 0 Å². The Bertz CT molecular complexity index is 499. The molecule has 0 spiro atoms. The zero-order chi connectivity index (χ0) is 10.4. The van der Waals surface area contributed by atoms with Crippen LogP contribution in [0.1, 0.15) is 23.8 Å². The zero-order valence-electron chi connectivity index (χ0n) is 7.67. The number of aromatic nitrogens is 1. The summed E-state index contributed by atoms with van der Waals surface area (Å²) in [6, 6.07) is 1.89. The Morgan fingerprint density at radius 1 is 1.33 bits per heavy atom. The number of thiophene rings is 1. The summed E-state index contributed by atoms with van der Waals surface area (Å²) in [5, 5.41) is 3.31. The lowest BCUT2D eigenvalue weighted by Gasteiger charge is -1.91. The van der Waals surface area contributed by atoms with E-state index in [9.17, 15) is 0 Å². The second-order valence-electron chi connectivity index (χ2n) is 3.58. The number of nitrogens with zero attached hydrogens (tertiary/aromatic N) is 1. The van der Waals surface area contributed by atoms with Crippen LogP contribution in [0.15, 0.2) is 11.4 Å². The highest BCUT2D eigenvalue weighted by Crippen LogP contribution is 2.44. The first-order chi connectivity index (χ1) is 7.24. The summed E-state index contributed by atoms with van der Waals surface area (Å²) in [7, 11) is 0. The van der Waals surface area contributed by atoms with Crippen LogP contribution in [0.25, 0.3) is 11.3 Å². The first kappa shape index (κ1) is 10.1. The Morgan fingerprint density at radius 3 is 2.73 bits per heavy atom. The van der Waals surface area contributed by atoms with Crippen LogP contribution < -0.4 is 0 Å². The first-order valence-corrected chi connectivity index (χ1v) is 7.10. The molecule has 1 saturated carbocycles. The summed E-state index contributed by atoms with van der Waals surface area (Å²) >= 11 is 15.1. The third-order valence-electron chi connectivity index (χ3n) is 2.38. The lowest BCUT2D eigenvalue weighted by atomic mass is 10.3. The molecular formula is C10H7Cl2NS2. The van der Waals surface area contributed by atoms with Gasteiger partial charge in [0.1, 0.15) is 4.34 Å². The van der Waals surface area contributed by atoms with E-state index in [4.69, 9.17) is 23.2 Å². The fourth-order valence-electron chi connectivity index (χ4n) is 1.44. The summed E-state index contributed by atoms with van der Waals surface area (Å²) in [6.07, 6.45) is 2.57. The maximum Gasteiger partial charge on any atom is 0.104 e. The molecular weight excluding hydrogens is 269 g/mol. The van der Waals surface area contributed by atoms with E-state index in [2.05, 4.69) is 10.4 Å². The molecule has 2 aromatic heterocycles. The average Bonchev–Trinajstić information content (AvgIpc) is 2.83. The van der Waals surface area contributed by atoms with Gasteiger partial charge in [-0.05, 0) is 18.9 Å². The molecule has 2 heterocycles. The van der Waals surface area contributed by atoms with Gasteiger partial charge in [0.2, 0.25) is 0 Å². The standard InChI is InChI=1S/C10H7Cl2NS2/c11-8-3-6(9(12)15-8)7-4-14-10(13-7)5-1-2-5/h3-5H,1-2H2. The number of rotatable bonds is 2. The molecule has 5 heteroatoms. The Balaban J connectivity index is 2.00. The Morgan fingerprint density at radius 2 is 2.13 bits per heavy atom. The van der Waals surface area contributed by atoms with E-state index in [1.54, 1.807) is 11.3 Å². The van der Waals surface area contributed by atoms with Crippen LogP contribution in [0.4, 0.5) is 0 Å². The van der Waals surface area contributed by atoms with Crippen molar-refractivity contribution in [2.75, 3.05) is 0 Å². The van der Waals surface area contributed by atoms with Crippen molar-refractivity contribution in [3.63, 3.8) is 0 Å². The maximum absolute atomic E-state index is 6.08. The number of hydrogen-bond donors (Lipinski definition) is 0. The summed E-state index contributed by atoms with van der Waals surface area (Å²) < 4.78 is 1.45. The Hall–Kier alpha value is -0.0900. The molecule has 1 fully saturated rings. The average molecular weight is 276 g/mol. The highest BCUT2D eigenvalue weighted by molar-refractivity contribution is 7.20.